The van der Waals surface area contributed by atoms with Crippen molar-refractivity contribution in [1.82, 2.24) is 0 Å². The van der Waals surface area contributed by atoms with Crippen LogP contribution in [0.25, 0.3) is 0 Å². The second-order valence-corrected chi connectivity index (χ2v) is 1.70. The lowest BCUT2D eigenvalue weighted by atomic mass is 10.4. The third-order valence-electron chi connectivity index (χ3n) is 0.826. The molecule has 52 valence electrons. The lowest BCUT2D eigenvalue weighted by Crippen LogP contribution is -1.98. The number of hydrogen-bond donors (Lipinski definition) is 0. The van der Waals surface area contributed by atoms with E-state index >= 15 is 0 Å². The molecule has 0 aromatic carbocycles. The van der Waals surface area contributed by atoms with Crippen molar-refractivity contribution in [2.75, 3.05) is 6.61 Å². The van der Waals surface area contributed by atoms with Gasteiger partial charge in [0.2, 0.25) is 0 Å². The molecular formula is C7H12O2. The van der Waals surface area contributed by atoms with Gasteiger partial charge in [-0.05, 0) is 13.3 Å². The molecule has 0 fully saturated rings. The molecule has 2 nitrogen and oxygen atoms in total. The van der Waals surface area contributed by atoms with E-state index in [0.29, 0.717) is 6.61 Å². The van der Waals surface area contributed by atoms with E-state index in [0.717, 1.165) is 6.42 Å². The standard InChI is InChI=1S/C7H12O2/c1-3-4-5-6-9-7(2)8/h3-4H,5-6H2,1-2H3. The molecule has 0 aromatic rings. The summed E-state index contributed by atoms with van der Waals surface area (Å²) in [7, 11) is 0. The van der Waals surface area contributed by atoms with Crippen LogP contribution >= 0.6 is 0 Å². The molecule has 0 radical (unpaired) electrons. The van der Waals surface area contributed by atoms with Gasteiger partial charge < -0.3 is 4.74 Å². The van der Waals surface area contributed by atoms with Crippen LogP contribution < -0.4 is 0 Å². The molecule has 0 amide bonds. The van der Waals surface area contributed by atoms with Crippen LogP contribution in [0.1, 0.15) is 20.3 Å². The summed E-state index contributed by atoms with van der Waals surface area (Å²) < 4.78 is 4.65. The van der Waals surface area contributed by atoms with Gasteiger partial charge in [0.15, 0.2) is 0 Å². The maximum atomic E-state index is 10.2. The van der Waals surface area contributed by atoms with Gasteiger partial charge in [-0.15, -0.1) is 0 Å². The average molecular weight is 128 g/mol. The van der Waals surface area contributed by atoms with E-state index < -0.39 is 0 Å². The maximum absolute atomic E-state index is 10.2. The van der Waals surface area contributed by atoms with Crippen molar-refractivity contribution in [3.63, 3.8) is 0 Å². The predicted molar refractivity (Wildman–Crippen MR) is 36.1 cm³/mol. The Morgan fingerprint density at radius 3 is 2.78 bits per heavy atom. The quantitative estimate of drug-likeness (QED) is 0.327. The van der Waals surface area contributed by atoms with Crippen molar-refractivity contribution < 1.29 is 9.53 Å². The van der Waals surface area contributed by atoms with Crippen LogP contribution in [-0.2, 0) is 9.53 Å². The summed E-state index contributed by atoms with van der Waals surface area (Å²) in [5, 5.41) is 0. The summed E-state index contributed by atoms with van der Waals surface area (Å²) in [6.07, 6.45) is 4.71. The van der Waals surface area contributed by atoms with Gasteiger partial charge in [-0.2, -0.15) is 0 Å². The molecule has 0 aliphatic rings. The molecular weight excluding hydrogens is 116 g/mol. The molecule has 0 rings (SSSR count). The molecule has 0 aliphatic carbocycles. The Morgan fingerprint density at radius 2 is 2.33 bits per heavy atom. The Morgan fingerprint density at radius 1 is 1.67 bits per heavy atom. The van der Waals surface area contributed by atoms with Crippen molar-refractivity contribution in [3.05, 3.63) is 12.2 Å². The highest BCUT2D eigenvalue weighted by atomic mass is 16.5. The van der Waals surface area contributed by atoms with Crippen LogP contribution in [0.4, 0.5) is 0 Å². The van der Waals surface area contributed by atoms with Crippen LogP contribution in [0.2, 0.25) is 0 Å². The smallest absolute Gasteiger partial charge is 0.302 e. The Hall–Kier alpha value is -0.790. The van der Waals surface area contributed by atoms with E-state index in [1.807, 2.05) is 19.1 Å². The van der Waals surface area contributed by atoms with Gasteiger partial charge in [0.05, 0.1) is 6.61 Å². The van der Waals surface area contributed by atoms with E-state index in [1.54, 1.807) is 0 Å². The Bertz CT molecular complexity index is 105. The van der Waals surface area contributed by atoms with Crippen LogP contribution in [0, 0.1) is 0 Å². The molecule has 0 aliphatic heterocycles. The highest BCUT2D eigenvalue weighted by Gasteiger charge is 1.87. The molecule has 0 saturated heterocycles. The van der Waals surface area contributed by atoms with Gasteiger partial charge in [0, 0.05) is 6.92 Å². The normalized spacial score (nSPS) is 10.0. The van der Waals surface area contributed by atoms with E-state index in [9.17, 15) is 4.79 Å². The molecule has 0 aromatic heterocycles. The van der Waals surface area contributed by atoms with Gasteiger partial charge >= 0.3 is 5.97 Å². The van der Waals surface area contributed by atoms with E-state index in [1.165, 1.54) is 6.92 Å². The van der Waals surface area contributed by atoms with Crippen molar-refractivity contribution in [2.45, 2.75) is 20.3 Å². The first-order valence-corrected chi connectivity index (χ1v) is 3.02. The number of esters is 1. The summed E-state index contributed by atoms with van der Waals surface area (Å²) in [6, 6.07) is 0. The van der Waals surface area contributed by atoms with Crippen molar-refractivity contribution in [1.29, 1.82) is 0 Å². The molecule has 0 bridgehead atoms. The zero-order valence-electron chi connectivity index (χ0n) is 5.89. The number of carbonyl (C=O) groups is 1. The van der Waals surface area contributed by atoms with E-state index in [2.05, 4.69) is 4.74 Å². The lowest BCUT2D eigenvalue weighted by molar-refractivity contribution is -0.140. The predicted octanol–water partition coefficient (Wildman–Crippen LogP) is 1.52. The Balaban J connectivity index is 3.01. The third kappa shape index (κ3) is 7.21. The minimum absolute atomic E-state index is 0.209. The lowest BCUT2D eigenvalue weighted by Gasteiger charge is -1.95. The Labute approximate surface area is 55.5 Å². The van der Waals surface area contributed by atoms with Crippen LogP contribution in [0.15, 0.2) is 12.2 Å². The molecule has 9 heavy (non-hydrogen) atoms. The summed E-state index contributed by atoms with van der Waals surface area (Å²) in [6.45, 7) is 3.85. The highest BCUT2D eigenvalue weighted by Crippen LogP contribution is 1.84. The van der Waals surface area contributed by atoms with Gasteiger partial charge in [-0.3, -0.25) is 4.79 Å². The number of carbonyl (C=O) groups excluding carboxylic acids is 1. The second-order valence-electron chi connectivity index (χ2n) is 1.70. The first-order valence-electron chi connectivity index (χ1n) is 3.02. The summed E-state index contributed by atoms with van der Waals surface area (Å²) in [5.41, 5.74) is 0. The van der Waals surface area contributed by atoms with Gasteiger partial charge in [0.1, 0.15) is 0 Å². The first-order chi connectivity index (χ1) is 4.27. The fraction of sp³-hybridized carbons (Fsp3) is 0.571. The van der Waals surface area contributed by atoms with Crippen molar-refractivity contribution in [3.8, 4) is 0 Å². The monoisotopic (exact) mass is 128 g/mol. The summed E-state index contributed by atoms with van der Waals surface area (Å²) >= 11 is 0. The van der Waals surface area contributed by atoms with E-state index in [-0.39, 0.29) is 5.97 Å². The fourth-order valence-corrected chi connectivity index (χ4v) is 0.437. The fourth-order valence-electron chi connectivity index (χ4n) is 0.437. The van der Waals surface area contributed by atoms with Gasteiger partial charge in [-0.25, -0.2) is 0 Å². The molecule has 2 heteroatoms. The molecule has 0 saturated carbocycles. The minimum Gasteiger partial charge on any atom is -0.466 e. The molecule has 0 atom stereocenters. The largest absolute Gasteiger partial charge is 0.466 e. The van der Waals surface area contributed by atoms with Crippen LogP contribution in [0.5, 0.6) is 0 Å². The third-order valence-corrected chi connectivity index (χ3v) is 0.826. The average Bonchev–Trinajstić information content (AvgIpc) is 1.80. The van der Waals surface area contributed by atoms with Crippen molar-refractivity contribution >= 4 is 5.97 Å². The zero-order chi connectivity index (χ0) is 7.11. The van der Waals surface area contributed by atoms with Crippen LogP contribution in [-0.4, -0.2) is 12.6 Å². The zero-order valence-corrected chi connectivity index (χ0v) is 5.89. The van der Waals surface area contributed by atoms with Gasteiger partial charge in [0.25, 0.3) is 0 Å². The van der Waals surface area contributed by atoms with E-state index in [4.69, 9.17) is 0 Å². The molecule has 0 heterocycles. The Kier molecular flexibility index (Phi) is 4.88. The molecule has 0 N–H and O–H groups in total. The highest BCUT2D eigenvalue weighted by molar-refractivity contribution is 5.65. The maximum Gasteiger partial charge on any atom is 0.302 e. The number of allylic oxidation sites excluding steroid dienone is 1. The van der Waals surface area contributed by atoms with Gasteiger partial charge in [-0.1, -0.05) is 12.2 Å². The number of ether oxygens (including phenoxy) is 1. The minimum atomic E-state index is -0.209. The number of hydrogen-bond acceptors (Lipinski definition) is 2. The number of rotatable bonds is 3. The molecule has 0 unspecified atom stereocenters. The summed E-state index contributed by atoms with van der Waals surface area (Å²) in [5.74, 6) is -0.209. The first kappa shape index (κ1) is 8.21. The summed E-state index contributed by atoms with van der Waals surface area (Å²) in [4.78, 5) is 10.2. The molecule has 0 spiro atoms. The van der Waals surface area contributed by atoms with Crippen molar-refractivity contribution in [2.24, 2.45) is 0 Å². The topological polar surface area (TPSA) is 26.3 Å². The van der Waals surface area contributed by atoms with Crippen LogP contribution in [0.3, 0.4) is 0 Å². The second kappa shape index (κ2) is 5.35. The SMILES string of the molecule is CC=CCCOC(C)=O.